The zero-order valence-corrected chi connectivity index (χ0v) is 11.6. The van der Waals surface area contributed by atoms with Crippen molar-refractivity contribution in [3.63, 3.8) is 0 Å². The predicted octanol–water partition coefficient (Wildman–Crippen LogP) is 3.22. The third-order valence-corrected chi connectivity index (χ3v) is 3.36. The largest absolute Gasteiger partial charge is 0.458 e. The molecule has 1 heterocycles. The molecule has 0 atom stereocenters. The Kier molecular flexibility index (Phi) is 3.50. The summed E-state index contributed by atoms with van der Waals surface area (Å²) in [6.45, 7) is 0. The van der Waals surface area contributed by atoms with Gasteiger partial charge in [0.25, 0.3) is 5.88 Å². The van der Waals surface area contributed by atoms with Crippen molar-refractivity contribution >= 4 is 29.2 Å². The minimum absolute atomic E-state index is 0.0105. The van der Waals surface area contributed by atoms with Gasteiger partial charge in [0.2, 0.25) is 5.69 Å². The van der Waals surface area contributed by atoms with Gasteiger partial charge in [0.1, 0.15) is 11.9 Å². The number of carbonyl (C=O) groups excluding carboxylic acids is 1. The van der Waals surface area contributed by atoms with Crippen LogP contribution >= 0.6 is 23.2 Å². The van der Waals surface area contributed by atoms with Gasteiger partial charge in [-0.05, 0) is 25.0 Å². The molecule has 8 heteroatoms. The molecule has 20 heavy (non-hydrogen) atoms. The van der Waals surface area contributed by atoms with Crippen LogP contribution in [0.3, 0.4) is 0 Å². The monoisotopic (exact) mass is 313 g/mol. The van der Waals surface area contributed by atoms with Crippen LogP contribution in [0.15, 0.2) is 18.2 Å². The second-order valence-corrected chi connectivity index (χ2v) is 5.09. The van der Waals surface area contributed by atoms with E-state index in [4.69, 9.17) is 32.7 Å². The first-order chi connectivity index (χ1) is 9.63. The average molecular weight is 314 g/mol. The number of halogens is 2. The highest BCUT2D eigenvalue weighted by Gasteiger charge is 2.29. The molecule has 0 radical (unpaired) electrons. The van der Waals surface area contributed by atoms with Crippen molar-refractivity contribution in [2.24, 2.45) is 0 Å². The number of hydrogen-bond donors (Lipinski definition) is 1. The van der Waals surface area contributed by atoms with Crippen LogP contribution in [0.25, 0.3) is 0 Å². The molecule has 6 nitrogen and oxygen atoms in total. The molecule has 0 amide bonds. The number of esters is 1. The molecule has 1 N–H and O–H groups in total. The van der Waals surface area contributed by atoms with E-state index < -0.39 is 5.97 Å². The summed E-state index contributed by atoms with van der Waals surface area (Å²) >= 11 is 11.7. The van der Waals surface area contributed by atoms with Gasteiger partial charge < -0.3 is 9.47 Å². The first-order valence-corrected chi connectivity index (χ1v) is 6.64. The van der Waals surface area contributed by atoms with Crippen LogP contribution in [0.4, 0.5) is 0 Å². The first kappa shape index (κ1) is 13.2. The van der Waals surface area contributed by atoms with Crippen LogP contribution in [0.2, 0.25) is 10.0 Å². The third kappa shape index (κ3) is 2.86. The zero-order chi connectivity index (χ0) is 14.1. The molecule has 1 aromatic carbocycles. The summed E-state index contributed by atoms with van der Waals surface area (Å²) in [5.74, 6) is -0.102. The highest BCUT2D eigenvalue weighted by Crippen LogP contribution is 2.30. The van der Waals surface area contributed by atoms with Crippen LogP contribution in [0.1, 0.15) is 23.3 Å². The van der Waals surface area contributed by atoms with E-state index in [1.165, 1.54) is 6.07 Å². The Labute approximate surface area is 124 Å². The highest BCUT2D eigenvalue weighted by molar-refractivity contribution is 6.42. The second kappa shape index (κ2) is 5.30. The number of aromatic nitrogens is 3. The van der Waals surface area contributed by atoms with E-state index in [9.17, 15) is 4.79 Å². The Bertz CT molecular complexity index is 655. The van der Waals surface area contributed by atoms with Crippen LogP contribution in [-0.2, 0) is 4.74 Å². The molecule has 2 aromatic rings. The van der Waals surface area contributed by atoms with Crippen molar-refractivity contribution in [1.82, 2.24) is 15.4 Å². The van der Waals surface area contributed by atoms with Gasteiger partial charge in [0, 0.05) is 6.07 Å². The maximum atomic E-state index is 11.8. The SMILES string of the molecule is O=C(OC1CC1)c1[nH]nnc1Oc1ccc(Cl)c(Cl)c1. The summed E-state index contributed by atoms with van der Waals surface area (Å²) in [5, 5.41) is 10.5. The zero-order valence-electron chi connectivity index (χ0n) is 10.1. The Morgan fingerprint density at radius 1 is 1.30 bits per heavy atom. The van der Waals surface area contributed by atoms with E-state index in [0.717, 1.165) is 12.8 Å². The summed E-state index contributed by atoms with van der Waals surface area (Å²) in [4.78, 5) is 11.8. The third-order valence-electron chi connectivity index (χ3n) is 2.62. The minimum Gasteiger partial charge on any atom is -0.458 e. The molecule has 0 unspecified atom stereocenters. The van der Waals surface area contributed by atoms with Crippen molar-refractivity contribution < 1.29 is 14.3 Å². The smallest absolute Gasteiger partial charge is 0.362 e. The van der Waals surface area contributed by atoms with Crippen molar-refractivity contribution in [3.8, 4) is 11.6 Å². The van der Waals surface area contributed by atoms with Crippen LogP contribution in [0, 0.1) is 0 Å². The fraction of sp³-hybridized carbons (Fsp3) is 0.250. The van der Waals surface area contributed by atoms with Crippen molar-refractivity contribution in [1.29, 1.82) is 0 Å². The number of benzene rings is 1. The van der Waals surface area contributed by atoms with Crippen LogP contribution in [0.5, 0.6) is 11.6 Å². The minimum atomic E-state index is -0.535. The molecule has 1 fully saturated rings. The van der Waals surface area contributed by atoms with E-state index in [1.54, 1.807) is 12.1 Å². The molecule has 1 saturated carbocycles. The fourth-order valence-electron chi connectivity index (χ4n) is 1.47. The molecule has 3 rings (SSSR count). The van der Waals surface area contributed by atoms with Gasteiger partial charge in [-0.3, -0.25) is 0 Å². The Morgan fingerprint density at radius 2 is 2.10 bits per heavy atom. The van der Waals surface area contributed by atoms with Gasteiger partial charge in [-0.15, -0.1) is 0 Å². The lowest BCUT2D eigenvalue weighted by molar-refractivity contribution is 0.0462. The maximum Gasteiger partial charge on any atom is 0.362 e. The molecular formula is C12H9Cl2N3O3. The summed E-state index contributed by atoms with van der Waals surface area (Å²) < 4.78 is 10.6. The predicted molar refractivity (Wildman–Crippen MR) is 71.4 cm³/mol. The number of ether oxygens (including phenoxy) is 2. The lowest BCUT2D eigenvalue weighted by atomic mass is 10.3. The fourth-order valence-corrected chi connectivity index (χ4v) is 1.76. The summed E-state index contributed by atoms with van der Waals surface area (Å²) in [6, 6.07) is 4.72. The molecule has 0 bridgehead atoms. The first-order valence-electron chi connectivity index (χ1n) is 5.88. The average Bonchev–Trinajstić information content (AvgIpc) is 3.10. The van der Waals surface area contributed by atoms with Gasteiger partial charge in [-0.2, -0.15) is 0 Å². The van der Waals surface area contributed by atoms with E-state index in [-0.39, 0.29) is 17.7 Å². The number of aromatic amines is 1. The molecule has 1 aliphatic rings. The quantitative estimate of drug-likeness (QED) is 0.877. The number of carbonyl (C=O) groups is 1. The number of H-pyrrole nitrogens is 1. The number of nitrogens with zero attached hydrogens (tertiary/aromatic N) is 2. The Morgan fingerprint density at radius 3 is 2.80 bits per heavy atom. The Hall–Kier alpha value is -1.79. The normalized spacial score (nSPS) is 14.1. The molecule has 1 aromatic heterocycles. The van der Waals surface area contributed by atoms with Crippen LogP contribution < -0.4 is 4.74 Å². The molecular weight excluding hydrogens is 305 g/mol. The van der Waals surface area contributed by atoms with E-state index >= 15 is 0 Å². The topological polar surface area (TPSA) is 77.1 Å². The van der Waals surface area contributed by atoms with Crippen molar-refractivity contribution in [2.45, 2.75) is 18.9 Å². The Balaban J connectivity index is 1.78. The van der Waals surface area contributed by atoms with Gasteiger partial charge >= 0.3 is 5.97 Å². The summed E-state index contributed by atoms with van der Waals surface area (Å²) in [5.41, 5.74) is 0.0722. The van der Waals surface area contributed by atoms with Crippen molar-refractivity contribution in [2.75, 3.05) is 0 Å². The summed E-state index contributed by atoms with van der Waals surface area (Å²) in [6.07, 6.45) is 1.76. The molecule has 1 aliphatic carbocycles. The number of rotatable bonds is 4. The van der Waals surface area contributed by atoms with Gasteiger partial charge in [-0.1, -0.05) is 33.5 Å². The lowest BCUT2D eigenvalue weighted by Crippen LogP contribution is -2.08. The number of nitrogens with one attached hydrogen (secondary N) is 1. The van der Waals surface area contributed by atoms with Crippen LogP contribution in [-0.4, -0.2) is 27.5 Å². The van der Waals surface area contributed by atoms with E-state index in [2.05, 4.69) is 15.4 Å². The molecule has 104 valence electrons. The highest BCUT2D eigenvalue weighted by atomic mass is 35.5. The van der Waals surface area contributed by atoms with Crippen molar-refractivity contribution in [3.05, 3.63) is 33.9 Å². The molecule has 0 spiro atoms. The van der Waals surface area contributed by atoms with E-state index in [1.807, 2.05) is 0 Å². The maximum absolute atomic E-state index is 11.8. The van der Waals surface area contributed by atoms with Gasteiger partial charge in [0.05, 0.1) is 10.0 Å². The van der Waals surface area contributed by atoms with Gasteiger partial charge in [0.15, 0.2) is 0 Å². The second-order valence-electron chi connectivity index (χ2n) is 4.27. The number of hydrogen-bond acceptors (Lipinski definition) is 5. The molecule has 0 aliphatic heterocycles. The summed E-state index contributed by atoms with van der Waals surface area (Å²) in [7, 11) is 0. The van der Waals surface area contributed by atoms with Gasteiger partial charge in [-0.25, -0.2) is 9.89 Å². The van der Waals surface area contributed by atoms with E-state index in [0.29, 0.717) is 15.8 Å². The standard InChI is InChI=1S/C12H9Cl2N3O3/c13-8-4-3-7(5-9(8)14)19-11-10(15-17-16-11)12(18)20-6-1-2-6/h3-6H,1-2H2,(H,15,16,17). The molecule has 0 saturated heterocycles. The lowest BCUT2D eigenvalue weighted by Gasteiger charge is -2.05.